The van der Waals surface area contributed by atoms with Crippen molar-refractivity contribution in [2.45, 2.75) is 33.2 Å². The van der Waals surface area contributed by atoms with E-state index < -0.39 is 6.04 Å². The van der Waals surface area contributed by atoms with Gasteiger partial charge in [0.2, 0.25) is 5.91 Å². The topological polar surface area (TPSA) is 67.4 Å². The Morgan fingerprint density at radius 1 is 1.08 bits per heavy atom. The van der Waals surface area contributed by atoms with Crippen LogP contribution in [0.1, 0.15) is 36.2 Å². The highest BCUT2D eigenvalue weighted by atomic mass is 16.5. The van der Waals surface area contributed by atoms with Gasteiger partial charge in [0, 0.05) is 17.3 Å². The van der Waals surface area contributed by atoms with Gasteiger partial charge in [-0.1, -0.05) is 38.1 Å². The van der Waals surface area contributed by atoms with E-state index in [1.807, 2.05) is 39.0 Å². The van der Waals surface area contributed by atoms with E-state index in [1.165, 1.54) is 0 Å². The predicted molar refractivity (Wildman–Crippen MR) is 104 cm³/mol. The van der Waals surface area contributed by atoms with Gasteiger partial charge in [-0.25, -0.2) is 0 Å². The molecule has 0 aliphatic carbocycles. The number of rotatable bonds is 7. The predicted octanol–water partition coefficient (Wildman–Crippen LogP) is 3.79. The van der Waals surface area contributed by atoms with E-state index in [2.05, 4.69) is 10.6 Å². The first-order chi connectivity index (χ1) is 12.4. The summed E-state index contributed by atoms with van der Waals surface area (Å²) in [5.74, 6) is 0.434. The third kappa shape index (κ3) is 5.34. The van der Waals surface area contributed by atoms with Crippen LogP contribution in [0.15, 0.2) is 48.5 Å². The number of amides is 2. The molecule has 1 unspecified atom stereocenters. The number of benzene rings is 2. The standard InChI is InChI=1S/C21H26N2O3/c1-14(2)12-19(23-20(24)18-11-6-5-8-15(18)3)21(25)22-16-9-7-10-17(13-16)26-4/h5-11,13-14,19H,12H2,1-4H3,(H,22,25)(H,23,24). The van der Waals surface area contributed by atoms with Gasteiger partial charge < -0.3 is 15.4 Å². The molecule has 0 saturated heterocycles. The number of anilines is 1. The highest BCUT2D eigenvalue weighted by Gasteiger charge is 2.23. The van der Waals surface area contributed by atoms with Gasteiger partial charge in [-0.15, -0.1) is 0 Å². The average Bonchev–Trinajstić information content (AvgIpc) is 2.61. The van der Waals surface area contributed by atoms with E-state index in [0.717, 1.165) is 5.56 Å². The zero-order valence-corrected chi connectivity index (χ0v) is 15.7. The molecule has 0 aromatic heterocycles. The smallest absolute Gasteiger partial charge is 0.252 e. The maximum absolute atomic E-state index is 12.7. The van der Waals surface area contributed by atoms with E-state index >= 15 is 0 Å². The minimum absolute atomic E-state index is 0.241. The van der Waals surface area contributed by atoms with Gasteiger partial charge in [0.15, 0.2) is 0 Å². The van der Waals surface area contributed by atoms with Gasteiger partial charge >= 0.3 is 0 Å². The second-order valence-corrected chi connectivity index (χ2v) is 6.69. The maximum Gasteiger partial charge on any atom is 0.252 e. The van der Waals surface area contributed by atoms with Crippen molar-refractivity contribution in [3.8, 4) is 5.75 Å². The number of ether oxygens (including phenoxy) is 1. The third-order valence-corrected chi connectivity index (χ3v) is 4.06. The van der Waals surface area contributed by atoms with Crippen molar-refractivity contribution in [2.24, 2.45) is 5.92 Å². The Morgan fingerprint density at radius 3 is 2.46 bits per heavy atom. The molecule has 2 aromatic rings. The molecule has 0 fully saturated rings. The average molecular weight is 354 g/mol. The van der Waals surface area contributed by atoms with Gasteiger partial charge in [-0.3, -0.25) is 9.59 Å². The van der Waals surface area contributed by atoms with Gasteiger partial charge in [0.25, 0.3) is 5.91 Å². The van der Waals surface area contributed by atoms with Crippen molar-refractivity contribution in [3.05, 3.63) is 59.7 Å². The second kappa shape index (κ2) is 9.04. The van der Waals surface area contributed by atoms with Crippen LogP contribution in [0.5, 0.6) is 5.75 Å². The molecule has 2 aromatic carbocycles. The number of hydrogen-bond donors (Lipinski definition) is 2. The lowest BCUT2D eigenvalue weighted by Gasteiger charge is -2.21. The Labute approximate surface area is 154 Å². The van der Waals surface area contributed by atoms with Crippen LogP contribution in [0, 0.1) is 12.8 Å². The van der Waals surface area contributed by atoms with Crippen LogP contribution in [0.3, 0.4) is 0 Å². The normalized spacial score (nSPS) is 11.7. The molecule has 0 bridgehead atoms. The summed E-state index contributed by atoms with van der Waals surface area (Å²) >= 11 is 0. The fourth-order valence-electron chi connectivity index (χ4n) is 2.70. The summed E-state index contributed by atoms with van der Waals surface area (Å²) in [6.07, 6.45) is 0.549. The molecule has 0 aliphatic heterocycles. The van der Waals surface area contributed by atoms with E-state index in [9.17, 15) is 9.59 Å². The lowest BCUT2D eigenvalue weighted by molar-refractivity contribution is -0.118. The lowest BCUT2D eigenvalue weighted by atomic mass is 10.0. The summed E-state index contributed by atoms with van der Waals surface area (Å²) < 4.78 is 5.18. The van der Waals surface area contributed by atoms with Crippen LogP contribution < -0.4 is 15.4 Å². The van der Waals surface area contributed by atoms with Crippen molar-refractivity contribution in [3.63, 3.8) is 0 Å². The van der Waals surface area contributed by atoms with Crippen LogP contribution in [0.25, 0.3) is 0 Å². The summed E-state index contributed by atoms with van der Waals surface area (Å²) in [6.45, 7) is 5.92. The zero-order chi connectivity index (χ0) is 19.1. The van der Waals surface area contributed by atoms with Crippen LogP contribution in [-0.4, -0.2) is 25.0 Å². The van der Waals surface area contributed by atoms with Crippen molar-refractivity contribution < 1.29 is 14.3 Å². The number of methoxy groups -OCH3 is 1. The Hall–Kier alpha value is -2.82. The lowest BCUT2D eigenvalue weighted by Crippen LogP contribution is -2.44. The van der Waals surface area contributed by atoms with E-state index in [4.69, 9.17) is 4.74 Å². The molecule has 2 amide bonds. The highest BCUT2D eigenvalue weighted by Crippen LogP contribution is 2.18. The largest absolute Gasteiger partial charge is 0.497 e. The minimum Gasteiger partial charge on any atom is -0.497 e. The molecule has 2 rings (SSSR count). The van der Waals surface area contributed by atoms with E-state index in [1.54, 1.807) is 37.4 Å². The highest BCUT2D eigenvalue weighted by molar-refractivity contribution is 6.01. The number of carbonyl (C=O) groups is 2. The molecule has 0 heterocycles. The summed E-state index contributed by atoms with van der Waals surface area (Å²) in [7, 11) is 1.57. The Morgan fingerprint density at radius 2 is 1.81 bits per heavy atom. The number of nitrogens with one attached hydrogen (secondary N) is 2. The van der Waals surface area contributed by atoms with Crippen LogP contribution in [-0.2, 0) is 4.79 Å². The first kappa shape index (κ1) is 19.5. The first-order valence-corrected chi connectivity index (χ1v) is 8.72. The second-order valence-electron chi connectivity index (χ2n) is 6.69. The number of carbonyl (C=O) groups excluding carboxylic acids is 2. The molecule has 26 heavy (non-hydrogen) atoms. The Bertz CT molecular complexity index is 771. The summed E-state index contributed by atoms with van der Waals surface area (Å²) in [5.41, 5.74) is 2.09. The summed E-state index contributed by atoms with van der Waals surface area (Å²) in [5, 5.41) is 5.73. The van der Waals surface area contributed by atoms with Gasteiger partial charge in [0.05, 0.1) is 7.11 Å². The molecule has 2 N–H and O–H groups in total. The SMILES string of the molecule is COc1cccc(NC(=O)C(CC(C)C)NC(=O)c2ccccc2C)c1. The summed E-state index contributed by atoms with van der Waals surface area (Å²) in [4.78, 5) is 25.3. The van der Waals surface area contributed by atoms with Crippen LogP contribution in [0.4, 0.5) is 5.69 Å². The molecular weight excluding hydrogens is 328 g/mol. The van der Waals surface area contributed by atoms with Gasteiger partial charge in [-0.05, 0) is 43.0 Å². The number of aryl methyl sites for hydroxylation is 1. The molecule has 0 aliphatic rings. The molecule has 0 spiro atoms. The third-order valence-electron chi connectivity index (χ3n) is 4.06. The fraction of sp³-hybridized carbons (Fsp3) is 0.333. The molecule has 5 nitrogen and oxygen atoms in total. The van der Waals surface area contributed by atoms with Crippen LogP contribution in [0.2, 0.25) is 0 Å². The van der Waals surface area contributed by atoms with Crippen molar-refractivity contribution in [1.29, 1.82) is 0 Å². The molecule has 5 heteroatoms. The molecule has 0 radical (unpaired) electrons. The zero-order valence-electron chi connectivity index (χ0n) is 15.7. The fourth-order valence-corrected chi connectivity index (χ4v) is 2.70. The quantitative estimate of drug-likeness (QED) is 0.795. The number of hydrogen-bond acceptors (Lipinski definition) is 3. The first-order valence-electron chi connectivity index (χ1n) is 8.72. The Balaban J connectivity index is 2.14. The van der Waals surface area contributed by atoms with Crippen molar-refractivity contribution in [1.82, 2.24) is 5.32 Å². The molecule has 1 atom stereocenters. The minimum atomic E-state index is -0.617. The van der Waals surface area contributed by atoms with Gasteiger partial charge in [-0.2, -0.15) is 0 Å². The van der Waals surface area contributed by atoms with Crippen molar-refractivity contribution >= 4 is 17.5 Å². The maximum atomic E-state index is 12.7. The van der Waals surface area contributed by atoms with Gasteiger partial charge in [0.1, 0.15) is 11.8 Å². The summed E-state index contributed by atoms with van der Waals surface area (Å²) in [6, 6.07) is 13.9. The van der Waals surface area contributed by atoms with E-state index in [0.29, 0.717) is 23.4 Å². The molecular formula is C21H26N2O3. The molecule has 0 saturated carbocycles. The Kier molecular flexibility index (Phi) is 6.78. The molecule has 138 valence electrons. The van der Waals surface area contributed by atoms with Crippen molar-refractivity contribution in [2.75, 3.05) is 12.4 Å². The van der Waals surface area contributed by atoms with Crippen LogP contribution >= 0.6 is 0 Å². The monoisotopic (exact) mass is 354 g/mol. The van der Waals surface area contributed by atoms with E-state index in [-0.39, 0.29) is 17.7 Å².